The summed E-state index contributed by atoms with van der Waals surface area (Å²) in [6, 6.07) is 0. The molecule has 0 aliphatic rings. The average molecular weight is 247 g/mol. The molecular weight excluding hydrogens is 234 g/mol. The minimum absolute atomic E-state index is 0.0844. The molecule has 0 radical (unpaired) electrons. The first kappa shape index (κ1) is 12.6. The Bertz CT molecular complexity index is 465. The highest BCUT2D eigenvalue weighted by atomic mass is 32.2. The predicted molar refractivity (Wildman–Crippen MR) is 55.7 cm³/mol. The quantitative estimate of drug-likeness (QED) is 0.716. The molecule has 8 heteroatoms. The number of carbonyl (C=O) groups is 1. The van der Waals surface area contributed by atoms with E-state index in [1.165, 1.54) is 17.1 Å². The molecule has 0 unspecified atom stereocenters. The van der Waals surface area contributed by atoms with Gasteiger partial charge in [-0.05, 0) is 6.42 Å². The van der Waals surface area contributed by atoms with E-state index in [2.05, 4.69) is 10.3 Å². The third kappa shape index (κ3) is 4.87. The van der Waals surface area contributed by atoms with Crippen LogP contribution in [0.15, 0.2) is 6.20 Å². The summed E-state index contributed by atoms with van der Waals surface area (Å²) in [5, 5.41) is 15.9. The molecule has 0 aliphatic heterocycles. The minimum Gasteiger partial charge on any atom is -0.481 e. The van der Waals surface area contributed by atoms with Crippen LogP contribution in [-0.4, -0.2) is 46.5 Å². The standard InChI is InChI=1S/C8H13N3O4S/c1-16(14,15)4-2-3-11-6-7(9-10-11)5-8(12)13/h6H,2-5H2,1H3,(H,12,13). The Morgan fingerprint density at radius 1 is 1.56 bits per heavy atom. The lowest BCUT2D eigenvalue weighted by molar-refractivity contribution is -0.136. The van der Waals surface area contributed by atoms with Crippen molar-refractivity contribution >= 4 is 15.8 Å². The molecule has 1 N–H and O–H groups in total. The van der Waals surface area contributed by atoms with Crippen LogP contribution in [0, 0.1) is 0 Å². The highest BCUT2D eigenvalue weighted by Gasteiger charge is 2.06. The van der Waals surface area contributed by atoms with Crippen molar-refractivity contribution in [3.05, 3.63) is 11.9 Å². The fraction of sp³-hybridized carbons (Fsp3) is 0.625. The van der Waals surface area contributed by atoms with E-state index in [-0.39, 0.29) is 12.2 Å². The summed E-state index contributed by atoms with van der Waals surface area (Å²) in [7, 11) is -2.96. The molecule has 1 aromatic heterocycles. The molecule has 0 amide bonds. The van der Waals surface area contributed by atoms with Gasteiger partial charge in [-0.25, -0.2) is 8.42 Å². The van der Waals surface area contributed by atoms with Gasteiger partial charge >= 0.3 is 5.97 Å². The topological polar surface area (TPSA) is 102 Å². The summed E-state index contributed by atoms with van der Waals surface area (Å²) < 4.78 is 23.1. The molecule has 1 heterocycles. The Morgan fingerprint density at radius 2 is 2.25 bits per heavy atom. The fourth-order valence-electron chi connectivity index (χ4n) is 1.17. The maximum atomic E-state index is 10.8. The molecule has 0 saturated carbocycles. The molecule has 90 valence electrons. The Kier molecular flexibility index (Phi) is 3.99. The van der Waals surface area contributed by atoms with Crippen LogP contribution in [0.5, 0.6) is 0 Å². The molecule has 0 fully saturated rings. The number of aromatic nitrogens is 3. The molecule has 0 spiro atoms. The Balaban J connectivity index is 2.43. The fourth-order valence-corrected chi connectivity index (χ4v) is 1.83. The molecular formula is C8H13N3O4S. The lowest BCUT2D eigenvalue weighted by atomic mass is 10.3. The summed E-state index contributed by atoms with van der Waals surface area (Å²) in [6.45, 7) is 0.416. The second-order valence-electron chi connectivity index (χ2n) is 3.53. The van der Waals surface area contributed by atoms with Crippen molar-refractivity contribution in [3.63, 3.8) is 0 Å². The van der Waals surface area contributed by atoms with E-state index in [1.54, 1.807) is 0 Å². The first-order valence-corrected chi connectivity index (χ1v) is 6.71. The molecule has 1 aromatic rings. The predicted octanol–water partition coefficient (Wildman–Crippen LogP) is -0.660. The Morgan fingerprint density at radius 3 is 2.81 bits per heavy atom. The van der Waals surface area contributed by atoms with Gasteiger partial charge in [0.2, 0.25) is 0 Å². The van der Waals surface area contributed by atoms with Gasteiger partial charge in [0.05, 0.1) is 17.9 Å². The lowest BCUT2D eigenvalue weighted by Gasteiger charge is -1.98. The zero-order chi connectivity index (χ0) is 12.2. The van der Waals surface area contributed by atoms with Crippen molar-refractivity contribution in [2.45, 2.75) is 19.4 Å². The van der Waals surface area contributed by atoms with Crippen LogP contribution in [-0.2, 0) is 27.6 Å². The number of sulfone groups is 1. The van der Waals surface area contributed by atoms with Crippen molar-refractivity contribution < 1.29 is 18.3 Å². The van der Waals surface area contributed by atoms with E-state index in [0.29, 0.717) is 18.7 Å². The van der Waals surface area contributed by atoms with Gasteiger partial charge in [0, 0.05) is 19.0 Å². The van der Waals surface area contributed by atoms with Gasteiger partial charge in [-0.2, -0.15) is 0 Å². The van der Waals surface area contributed by atoms with E-state index < -0.39 is 15.8 Å². The highest BCUT2D eigenvalue weighted by molar-refractivity contribution is 7.90. The second kappa shape index (κ2) is 5.06. The highest BCUT2D eigenvalue weighted by Crippen LogP contribution is 1.97. The normalized spacial score (nSPS) is 11.6. The van der Waals surface area contributed by atoms with Gasteiger partial charge in [0.25, 0.3) is 0 Å². The zero-order valence-corrected chi connectivity index (χ0v) is 9.64. The summed E-state index contributed by atoms with van der Waals surface area (Å²) in [6.07, 6.45) is 2.95. The number of hydrogen-bond acceptors (Lipinski definition) is 5. The van der Waals surface area contributed by atoms with Crippen molar-refractivity contribution in [2.24, 2.45) is 0 Å². The second-order valence-corrected chi connectivity index (χ2v) is 5.79. The molecule has 0 saturated heterocycles. The summed E-state index contributed by atoms with van der Waals surface area (Å²) in [5.74, 6) is -0.885. The van der Waals surface area contributed by atoms with Gasteiger partial charge in [-0.3, -0.25) is 9.48 Å². The molecule has 7 nitrogen and oxygen atoms in total. The molecule has 16 heavy (non-hydrogen) atoms. The smallest absolute Gasteiger partial charge is 0.309 e. The van der Waals surface area contributed by atoms with E-state index in [1.807, 2.05) is 0 Å². The van der Waals surface area contributed by atoms with Crippen LogP contribution >= 0.6 is 0 Å². The van der Waals surface area contributed by atoms with Crippen LogP contribution in [0.1, 0.15) is 12.1 Å². The number of aliphatic carboxylic acids is 1. The van der Waals surface area contributed by atoms with Crippen LogP contribution in [0.4, 0.5) is 0 Å². The zero-order valence-electron chi connectivity index (χ0n) is 8.83. The van der Waals surface area contributed by atoms with Crippen LogP contribution in [0.3, 0.4) is 0 Å². The van der Waals surface area contributed by atoms with Gasteiger partial charge < -0.3 is 5.11 Å². The first-order valence-electron chi connectivity index (χ1n) is 4.65. The van der Waals surface area contributed by atoms with E-state index in [4.69, 9.17) is 5.11 Å². The first-order chi connectivity index (χ1) is 7.37. The maximum Gasteiger partial charge on any atom is 0.309 e. The number of nitrogens with zero attached hydrogens (tertiary/aromatic N) is 3. The summed E-state index contributed by atoms with van der Waals surface area (Å²) in [4.78, 5) is 10.4. The summed E-state index contributed by atoms with van der Waals surface area (Å²) >= 11 is 0. The van der Waals surface area contributed by atoms with Crippen LogP contribution < -0.4 is 0 Å². The molecule has 0 aliphatic carbocycles. The van der Waals surface area contributed by atoms with Crippen LogP contribution in [0.25, 0.3) is 0 Å². The minimum atomic E-state index is -2.96. The van der Waals surface area contributed by atoms with E-state index >= 15 is 0 Å². The van der Waals surface area contributed by atoms with Crippen molar-refractivity contribution in [3.8, 4) is 0 Å². The average Bonchev–Trinajstić information content (AvgIpc) is 2.49. The largest absolute Gasteiger partial charge is 0.481 e. The maximum absolute atomic E-state index is 10.8. The van der Waals surface area contributed by atoms with Gasteiger partial charge in [0.1, 0.15) is 9.84 Å². The van der Waals surface area contributed by atoms with Gasteiger partial charge in [0.15, 0.2) is 0 Å². The van der Waals surface area contributed by atoms with Gasteiger partial charge in [-0.1, -0.05) is 5.21 Å². The number of hydrogen-bond donors (Lipinski definition) is 1. The number of carboxylic acids is 1. The molecule has 0 aromatic carbocycles. The third-order valence-electron chi connectivity index (χ3n) is 1.82. The number of aryl methyl sites for hydroxylation is 1. The lowest BCUT2D eigenvalue weighted by Crippen LogP contribution is -2.07. The number of carboxylic acid groups (broad SMARTS) is 1. The third-order valence-corrected chi connectivity index (χ3v) is 2.85. The molecule has 0 bridgehead atoms. The Hall–Kier alpha value is -1.44. The van der Waals surface area contributed by atoms with E-state index in [0.717, 1.165) is 0 Å². The van der Waals surface area contributed by atoms with Crippen molar-refractivity contribution in [1.29, 1.82) is 0 Å². The number of rotatable bonds is 6. The SMILES string of the molecule is CS(=O)(=O)CCCn1cc(CC(=O)O)nn1. The Labute approximate surface area is 93.0 Å². The summed E-state index contributed by atoms with van der Waals surface area (Å²) in [5.41, 5.74) is 0.367. The van der Waals surface area contributed by atoms with Gasteiger partial charge in [-0.15, -0.1) is 5.10 Å². The van der Waals surface area contributed by atoms with Crippen molar-refractivity contribution in [1.82, 2.24) is 15.0 Å². The monoisotopic (exact) mass is 247 g/mol. The van der Waals surface area contributed by atoms with Crippen molar-refractivity contribution in [2.75, 3.05) is 12.0 Å². The van der Waals surface area contributed by atoms with E-state index in [9.17, 15) is 13.2 Å². The molecule has 1 rings (SSSR count). The molecule has 0 atom stereocenters. The van der Waals surface area contributed by atoms with Crippen LogP contribution in [0.2, 0.25) is 0 Å².